The van der Waals surface area contributed by atoms with E-state index in [1.807, 2.05) is 0 Å². The number of aliphatic hydroxyl groups is 2. The first-order valence-corrected chi connectivity index (χ1v) is 22.6. The molecule has 2 aromatic rings. The lowest BCUT2D eigenvalue weighted by Gasteiger charge is -2.12. The van der Waals surface area contributed by atoms with Crippen molar-refractivity contribution < 1.29 is 36.2 Å². The third-order valence-corrected chi connectivity index (χ3v) is 10.3. The van der Waals surface area contributed by atoms with E-state index < -0.39 is 20.2 Å². The van der Waals surface area contributed by atoms with Gasteiger partial charge in [0.15, 0.2) is 0 Å². The SMILES string of the molecule is CCCCCCCCCC(O)CNCCCCCCNCC(O)CCCCCCCCC.O=S(=O)(O)c1ccccc1.O=S(=O)(O)c1ccccc1. The second-order valence-corrected chi connectivity index (χ2v) is 16.4. The van der Waals surface area contributed by atoms with Crippen LogP contribution >= 0.6 is 0 Å². The fourth-order valence-corrected chi connectivity index (χ4v) is 6.46. The third kappa shape index (κ3) is 32.7. The fourth-order valence-electron chi connectivity index (χ4n) is 5.45. The van der Waals surface area contributed by atoms with Gasteiger partial charge in [0.2, 0.25) is 0 Å². The smallest absolute Gasteiger partial charge is 0.294 e. The third-order valence-electron chi connectivity index (χ3n) is 8.58. The molecule has 2 unspecified atom stereocenters. The van der Waals surface area contributed by atoms with E-state index in [0.29, 0.717) is 0 Å². The Morgan fingerprint density at radius 2 is 0.750 bits per heavy atom. The summed E-state index contributed by atoms with van der Waals surface area (Å²) >= 11 is 0. The summed E-state index contributed by atoms with van der Waals surface area (Å²) in [7, 11) is -8.01. The van der Waals surface area contributed by atoms with Gasteiger partial charge in [-0.1, -0.05) is 153 Å². The van der Waals surface area contributed by atoms with Gasteiger partial charge in [-0.25, -0.2) is 0 Å². The molecule has 0 saturated heterocycles. The van der Waals surface area contributed by atoms with Gasteiger partial charge in [0.1, 0.15) is 0 Å². The van der Waals surface area contributed by atoms with Crippen LogP contribution in [0.4, 0.5) is 0 Å². The summed E-state index contributed by atoms with van der Waals surface area (Å²) in [5.41, 5.74) is 0. The van der Waals surface area contributed by atoms with Crippen LogP contribution in [-0.4, -0.2) is 74.5 Å². The highest BCUT2D eigenvalue weighted by Crippen LogP contribution is 2.11. The van der Waals surface area contributed by atoms with Gasteiger partial charge in [-0.2, -0.15) is 16.8 Å². The van der Waals surface area contributed by atoms with Crippen LogP contribution in [0.2, 0.25) is 0 Å². The molecule has 0 saturated carbocycles. The van der Waals surface area contributed by atoms with Gasteiger partial charge in [-0.15, -0.1) is 0 Å². The Bertz CT molecular complexity index is 1170. The lowest BCUT2D eigenvalue weighted by atomic mass is 10.1. The first-order chi connectivity index (χ1) is 24.9. The molecule has 0 spiro atoms. The van der Waals surface area contributed by atoms with Gasteiger partial charge in [-0.3, -0.25) is 9.11 Å². The molecule has 2 atom stereocenters. The number of aliphatic hydroxyl groups excluding tert-OH is 2. The minimum Gasteiger partial charge on any atom is -0.392 e. The molecular formula is C40H72N2O8S2. The molecule has 0 aliphatic heterocycles. The zero-order valence-electron chi connectivity index (χ0n) is 32.1. The van der Waals surface area contributed by atoms with E-state index in [-0.39, 0.29) is 22.0 Å². The number of benzene rings is 2. The van der Waals surface area contributed by atoms with Gasteiger partial charge < -0.3 is 20.8 Å². The maximum absolute atomic E-state index is 10.4. The van der Waals surface area contributed by atoms with Crippen molar-refractivity contribution in [1.82, 2.24) is 10.6 Å². The van der Waals surface area contributed by atoms with Crippen LogP contribution in [0.15, 0.2) is 70.5 Å². The average Bonchev–Trinajstić information content (AvgIpc) is 3.12. The van der Waals surface area contributed by atoms with Crippen molar-refractivity contribution in [2.45, 2.75) is 164 Å². The fraction of sp³-hybridized carbons (Fsp3) is 0.700. The Labute approximate surface area is 317 Å². The molecule has 12 heteroatoms. The Hall–Kier alpha value is -1.90. The van der Waals surface area contributed by atoms with E-state index in [9.17, 15) is 27.0 Å². The highest BCUT2D eigenvalue weighted by atomic mass is 32.2. The molecule has 6 N–H and O–H groups in total. The minimum absolute atomic E-state index is 0.0741. The lowest BCUT2D eigenvalue weighted by molar-refractivity contribution is 0.157. The van der Waals surface area contributed by atoms with E-state index in [1.165, 1.54) is 127 Å². The summed E-state index contributed by atoms with van der Waals surface area (Å²) in [5, 5.41) is 26.9. The van der Waals surface area contributed by atoms with E-state index in [2.05, 4.69) is 24.5 Å². The molecule has 0 fully saturated rings. The van der Waals surface area contributed by atoms with Crippen LogP contribution < -0.4 is 10.6 Å². The quantitative estimate of drug-likeness (QED) is 0.0347. The van der Waals surface area contributed by atoms with Crippen molar-refractivity contribution in [3.05, 3.63) is 60.7 Å². The van der Waals surface area contributed by atoms with Crippen molar-refractivity contribution in [2.75, 3.05) is 26.2 Å². The summed E-state index contributed by atoms with van der Waals surface area (Å²) in [4.78, 5) is -0.148. The predicted molar refractivity (Wildman–Crippen MR) is 214 cm³/mol. The first-order valence-electron chi connectivity index (χ1n) is 19.7. The molecule has 0 aliphatic carbocycles. The molecule has 302 valence electrons. The zero-order valence-corrected chi connectivity index (χ0v) is 33.8. The molecule has 0 radical (unpaired) electrons. The summed E-state index contributed by atoms with van der Waals surface area (Å²) in [6.07, 6.45) is 24.7. The molecule has 52 heavy (non-hydrogen) atoms. The number of hydrogen-bond donors (Lipinski definition) is 6. The zero-order chi connectivity index (χ0) is 38.8. The Kier molecular flexibility index (Phi) is 32.4. The van der Waals surface area contributed by atoms with Gasteiger partial charge in [0.05, 0.1) is 22.0 Å². The maximum atomic E-state index is 10.4. The largest absolute Gasteiger partial charge is 0.392 e. The number of hydrogen-bond acceptors (Lipinski definition) is 8. The van der Waals surface area contributed by atoms with Gasteiger partial charge in [0, 0.05) is 13.1 Å². The van der Waals surface area contributed by atoms with Gasteiger partial charge in [0.25, 0.3) is 20.2 Å². The van der Waals surface area contributed by atoms with Crippen molar-refractivity contribution in [2.24, 2.45) is 0 Å². The summed E-state index contributed by atoms with van der Waals surface area (Å²) in [6.45, 7) is 8.03. The molecule has 2 rings (SSSR count). The molecule has 0 aromatic heterocycles. The molecule has 0 heterocycles. The molecule has 0 bridgehead atoms. The average molecular weight is 773 g/mol. The van der Waals surface area contributed by atoms with Crippen molar-refractivity contribution in [1.29, 1.82) is 0 Å². The van der Waals surface area contributed by atoms with Crippen LogP contribution in [0.25, 0.3) is 0 Å². The van der Waals surface area contributed by atoms with Crippen LogP contribution in [0.1, 0.15) is 142 Å². The van der Waals surface area contributed by atoms with Crippen LogP contribution in [0.5, 0.6) is 0 Å². The number of nitrogens with one attached hydrogen (secondary N) is 2. The van der Waals surface area contributed by atoms with E-state index >= 15 is 0 Å². The highest BCUT2D eigenvalue weighted by Gasteiger charge is 2.07. The normalized spacial score (nSPS) is 12.7. The highest BCUT2D eigenvalue weighted by molar-refractivity contribution is 7.86. The molecule has 10 nitrogen and oxygen atoms in total. The first kappa shape index (κ1) is 50.1. The van der Waals surface area contributed by atoms with E-state index in [1.54, 1.807) is 36.4 Å². The monoisotopic (exact) mass is 772 g/mol. The van der Waals surface area contributed by atoms with Crippen LogP contribution in [0, 0.1) is 0 Å². The second kappa shape index (κ2) is 33.7. The predicted octanol–water partition coefficient (Wildman–Crippen LogP) is 8.60. The van der Waals surface area contributed by atoms with Gasteiger partial charge in [-0.05, 0) is 63.0 Å². The van der Waals surface area contributed by atoms with Crippen molar-refractivity contribution in [3.8, 4) is 0 Å². The Morgan fingerprint density at radius 3 is 1.04 bits per heavy atom. The van der Waals surface area contributed by atoms with Crippen LogP contribution in [-0.2, 0) is 20.2 Å². The molecule has 2 aromatic carbocycles. The topological polar surface area (TPSA) is 173 Å². The Balaban J connectivity index is 0.00000103. The number of unbranched alkanes of at least 4 members (excludes halogenated alkanes) is 15. The van der Waals surface area contributed by atoms with Crippen molar-refractivity contribution >= 4 is 20.2 Å². The van der Waals surface area contributed by atoms with Crippen molar-refractivity contribution in [3.63, 3.8) is 0 Å². The molecule has 0 amide bonds. The number of rotatable bonds is 29. The Morgan fingerprint density at radius 1 is 0.462 bits per heavy atom. The summed E-state index contributed by atoms with van der Waals surface area (Å²) in [5.74, 6) is 0. The van der Waals surface area contributed by atoms with Gasteiger partial charge >= 0.3 is 0 Å². The van der Waals surface area contributed by atoms with E-state index in [4.69, 9.17) is 9.11 Å². The molecule has 0 aliphatic rings. The second-order valence-electron chi connectivity index (χ2n) is 13.5. The van der Waals surface area contributed by atoms with Crippen LogP contribution in [0.3, 0.4) is 0 Å². The maximum Gasteiger partial charge on any atom is 0.294 e. The summed E-state index contributed by atoms with van der Waals surface area (Å²) < 4.78 is 58.5. The molecular weight excluding hydrogens is 701 g/mol. The summed E-state index contributed by atoms with van der Waals surface area (Å²) in [6, 6.07) is 14.8. The lowest BCUT2D eigenvalue weighted by Crippen LogP contribution is -2.28. The minimum atomic E-state index is -4.00. The standard InChI is InChI=1S/C28H60N2O2.2C6H6O3S/c1-3-5-7-9-11-13-17-21-27(31)25-29-23-19-15-16-20-24-30-26-28(32)22-18-14-12-10-8-6-4-2;2*7-10(8,9)6-4-2-1-3-5-6/h27-32H,3-26H2,1-2H3;2*1-5H,(H,7,8,9). The van der Waals surface area contributed by atoms with E-state index in [0.717, 1.165) is 51.9 Å².